The molecule has 0 saturated carbocycles. The van der Waals surface area contributed by atoms with Crippen LogP contribution in [0, 0.1) is 0 Å². The average Bonchev–Trinajstić information content (AvgIpc) is 2.80. The summed E-state index contributed by atoms with van der Waals surface area (Å²) in [6.07, 6.45) is 1.44. The van der Waals surface area contributed by atoms with Crippen molar-refractivity contribution in [2.45, 2.75) is 4.90 Å². The number of aromatic nitrogens is 2. The van der Waals surface area contributed by atoms with E-state index in [0.717, 1.165) is 0 Å². The Labute approximate surface area is 109 Å². The third-order valence-corrected chi connectivity index (χ3v) is 3.80. The molecule has 6 nitrogen and oxygen atoms in total. The van der Waals surface area contributed by atoms with Crippen LogP contribution in [0.1, 0.15) is 0 Å². The molecule has 0 saturated heterocycles. The maximum absolute atomic E-state index is 12.1. The summed E-state index contributed by atoms with van der Waals surface area (Å²) in [4.78, 5) is 0.00370. The first-order valence-corrected chi connectivity index (χ1v) is 6.75. The SMILES string of the molecule is COc1cc(Cl)ccc1S(=O)(=O)Nc1ccn[nH]1. The van der Waals surface area contributed by atoms with Crippen LogP contribution >= 0.6 is 11.6 Å². The number of rotatable bonds is 4. The Bertz CT molecular complexity index is 640. The summed E-state index contributed by atoms with van der Waals surface area (Å²) in [6.45, 7) is 0. The third-order valence-electron chi connectivity index (χ3n) is 2.16. The second-order valence-electron chi connectivity index (χ2n) is 3.37. The number of aromatic amines is 1. The smallest absolute Gasteiger partial charge is 0.266 e. The van der Waals surface area contributed by atoms with Gasteiger partial charge in [-0.1, -0.05) is 11.6 Å². The molecule has 0 aliphatic heterocycles. The van der Waals surface area contributed by atoms with E-state index < -0.39 is 10.0 Å². The Morgan fingerprint density at radius 1 is 1.39 bits per heavy atom. The van der Waals surface area contributed by atoms with E-state index in [-0.39, 0.29) is 16.5 Å². The highest BCUT2D eigenvalue weighted by molar-refractivity contribution is 7.92. The molecule has 96 valence electrons. The summed E-state index contributed by atoms with van der Waals surface area (Å²) in [6, 6.07) is 5.79. The van der Waals surface area contributed by atoms with Crippen molar-refractivity contribution in [3.63, 3.8) is 0 Å². The number of anilines is 1. The molecule has 18 heavy (non-hydrogen) atoms. The fourth-order valence-corrected chi connectivity index (χ4v) is 2.71. The van der Waals surface area contributed by atoms with Crippen molar-refractivity contribution in [1.29, 1.82) is 0 Å². The van der Waals surface area contributed by atoms with Crippen molar-refractivity contribution in [3.8, 4) is 5.75 Å². The highest BCUT2D eigenvalue weighted by Crippen LogP contribution is 2.28. The molecule has 2 N–H and O–H groups in total. The Balaban J connectivity index is 2.41. The largest absolute Gasteiger partial charge is 0.495 e. The van der Waals surface area contributed by atoms with Crippen molar-refractivity contribution < 1.29 is 13.2 Å². The first-order valence-electron chi connectivity index (χ1n) is 4.88. The van der Waals surface area contributed by atoms with Gasteiger partial charge < -0.3 is 4.74 Å². The van der Waals surface area contributed by atoms with E-state index in [1.807, 2.05) is 0 Å². The van der Waals surface area contributed by atoms with Crippen LogP contribution in [0.5, 0.6) is 5.75 Å². The van der Waals surface area contributed by atoms with E-state index in [9.17, 15) is 8.42 Å². The van der Waals surface area contributed by atoms with Gasteiger partial charge in [0.1, 0.15) is 16.5 Å². The first kappa shape index (κ1) is 12.7. The van der Waals surface area contributed by atoms with Gasteiger partial charge in [-0.3, -0.25) is 9.82 Å². The molecule has 2 rings (SSSR count). The van der Waals surface area contributed by atoms with E-state index in [0.29, 0.717) is 5.02 Å². The van der Waals surface area contributed by atoms with Gasteiger partial charge in [-0.2, -0.15) is 5.10 Å². The Morgan fingerprint density at radius 2 is 2.17 bits per heavy atom. The number of methoxy groups -OCH3 is 1. The summed E-state index contributed by atoms with van der Waals surface area (Å²) in [5, 5.41) is 6.55. The highest BCUT2D eigenvalue weighted by Gasteiger charge is 2.20. The molecule has 8 heteroatoms. The third kappa shape index (κ3) is 2.57. The van der Waals surface area contributed by atoms with E-state index in [2.05, 4.69) is 14.9 Å². The van der Waals surface area contributed by atoms with Gasteiger partial charge >= 0.3 is 0 Å². The minimum atomic E-state index is -3.75. The predicted octanol–water partition coefficient (Wildman–Crippen LogP) is 1.87. The molecule has 0 aliphatic rings. The van der Waals surface area contributed by atoms with Crippen molar-refractivity contribution >= 4 is 27.4 Å². The van der Waals surface area contributed by atoms with E-state index >= 15 is 0 Å². The maximum Gasteiger partial charge on any atom is 0.266 e. The molecule has 0 aliphatic carbocycles. The normalized spacial score (nSPS) is 11.2. The van der Waals surface area contributed by atoms with E-state index in [1.54, 1.807) is 0 Å². The van der Waals surface area contributed by atoms with Crippen LogP contribution in [0.3, 0.4) is 0 Å². The summed E-state index contributed by atoms with van der Waals surface area (Å²) >= 11 is 5.78. The second kappa shape index (κ2) is 4.87. The number of sulfonamides is 1. The van der Waals surface area contributed by atoms with Crippen LogP contribution in [-0.4, -0.2) is 25.7 Å². The number of hydrogen-bond acceptors (Lipinski definition) is 4. The molecule has 1 aromatic heterocycles. The molecule has 0 radical (unpaired) electrons. The van der Waals surface area contributed by atoms with Crippen LogP contribution in [0.2, 0.25) is 5.02 Å². The quantitative estimate of drug-likeness (QED) is 0.899. The van der Waals surface area contributed by atoms with Crippen LogP contribution in [-0.2, 0) is 10.0 Å². The Kier molecular flexibility index (Phi) is 3.44. The molecule has 1 heterocycles. The molecule has 0 fully saturated rings. The zero-order valence-corrected chi connectivity index (χ0v) is 10.9. The van der Waals surface area contributed by atoms with E-state index in [1.165, 1.54) is 37.6 Å². The predicted molar refractivity (Wildman–Crippen MR) is 67.4 cm³/mol. The zero-order valence-electron chi connectivity index (χ0n) is 9.34. The number of halogens is 1. The Morgan fingerprint density at radius 3 is 2.78 bits per heavy atom. The summed E-state index contributed by atoms with van der Waals surface area (Å²) in [5.74, 6) is 0.446. The number of nitrogens with zero attached hydrogens (tertiary/aromatic N) is 1. The van der Waals surface area contributed by atoms with E-state index in [4.69, 9.17) is 16.3 Å². The van der Waals surface area contributed by atoms with Crippen LogP contribution < -0.4 is 9.46 Å². The van der Waals surface area contributed by atoms with Crippen LogP contribution in [0.15, 0.2) is 35.4 Å². The molecule has 0 atom stereocenters. The fourth-order valence-electron chi connectivity index (χ4n) is 1.38. The number of benzene rings is 1. The van der Waals surface area contributed by atoms with Crippen molar-refractivity contribution in [2.75, 3.05) is 11.8 Å². The topological polar surface area (TPSA) is 84.1 Å². The number of nitrogens with one attached hydrogen (secondary N) is 2. The molecule has 0 amide bonds. The molecule has 0 unspecified atom stereocenters. The fraction of sp³-hybridized carbons (Fsp3) is 0.100. The minimum absolute atomic E-state index is 0.00370. The van der Waals surface area contributed by atoms with Gasteiger partial charge in [0.15, 0.2) is 0 Å². The van der Waals surface area contributed by atoms with Gasteiger partial charge in [0.2, 0.25) is 0 Å². The lowest BCUT2D eigenvalue weighted by Gasteiger charge is -2.10. The van der Waals surface area contributed by atoms with Gasteiger partial charge in [0.05, 0.1) is 13.3 Å². The Hall–Kier alpha value is -1.73. The second-order valence-corrected chi connectivity index (χ2v) is 5.46. The van der Waals surface area contributed by atoms with Crippen molar-refractivity contribution in [2.24, 2.45) is 0 Å². The van der Waals surface area contributed by atoms with Crippen molar-refractivity contribution in [3.05, 3.63) is 35.5 Å². The van der Waals surface area contributed by atoms with Crippen molar-refractivity contribution in [1.82, 2.24) is 10.2 Å². The van der Waals surface area contributed by atoms with Gasteiger partial charge in [0, 0.05) is 17.2 Å². The average molecular weight is 288 g/mol. The molecular formula is C10H10ClN3O3S. The molecular weight excluding hydrogens is 278 g/mol. The molecule has 0 spiro atoms. The number of hydrogen-bond donors (Lipinski definition) is 2. The zero-order chi connectivity index (χ0) is 13.2. The molecule has 2 aromatic rings. The lowest BCUT2D eigenvalue weighted by Crippen LogP contribution is -2.14. The minimum Gasteiger partial charge on any atom is -0.495 e. The highest BCUT2D eigenvalue weighted by atomic mass is 35.5. The summed E-state index contributed by atoms with van der Waals surface area (Å²) in [5.41, 5.74) is 0. The van der Waals surface area contributed by atoms with Gasteiger partial charge in [-0.05, 0) is 12.1 Å². The number of ether oxygens (including phenoxy) is 1. The molecule has 0 bridgehead atoms. The monoisotopic (exact) mass is 287 g/mol. The van der Waals surface area contributed by atoms with Gasteiger partial charge in [0.25, 0.3) is 10.0 Å². The van der Waals surface area contributed by atoms with Crippen LogP contribution in [0.4, 0.5) is 5.82 Å². The lowest BCUT2D eigenvalue weighted by molar-refractivity contribution is 0.403. The maximum atomic E-state index is 12.1. The molecule has 1 aromatic carbocycles. The first-order chi connectivity index (χ1) is 8.53. The van der Waals surface area contributed by atoms with Crippen LogP contribution in [0.25, 0.3) is 0 Å². The summed E-state index contributed by atoms with van der Waals surface area (Å²) < 4.78 is 31.6. The standard InChI is InChI=1S/C10H10ClN3O3S/c1-17-8-6-7(11)2-3-9(8)18(15,16)14-10-4-5-12-13-10/h2-6H,1H3,(H2,12,13,14). The van der Waals surface area contributed by atoms with Gasteiger partial charge in [-0.25, -0.2) is 8.42 Å². The number of H-pyrrole nitrogens is 1. The van der Waals surface area contributed by atoms with Gasteiger partial charge in [-0.15, -0.1) is 0 Å². The summed E-state index contributed by atoms with van der Waals surface area (Å²) in [7, 11) is -2.37. The lowest BCUT2D eigenvalue weighted by atomic mass is 10.3.